The van der Waals surface area contributed by atoms with E-state index in [-0.39, 0.29) is 5.91 Å². The summed E-state index contributed by atoms with van der Waals surface area (Å²) in [6.07, 6.45) is 0. The lowest BCUT2D eigenvalue weighted by Gasteiger charge is -2.19. The van der Waals surface area contributed by atoms with E-state index in [1.54, 1.807) is 27.4 Å². The first-order valence-electron chi connectivity index (χ1n) is 9.34. The summed E-state index contributed by atoms with van der Waals surface area (Å²) in [5.74, 6) is 1.30. The van der Waals surface area contributed by atoms with E-state index in [1.807, 2.05) is 66.7 Å². The number of nitrogens with one attached hydrogen (secondary N) is 1. The highest BCUT2D eigenvalue weighted by molar-refractivity contribution is 5.87. The first-order chi connectivity index (χ1) is 14.2. The summed E-state index contributed by atoms with van der Waals surface area (Å²) in [6, 6.07) is 23.1. The van der Waals surface area contributed by atoms with Crippen LogP contribution in [0.1, 0.15) is 22.6 Å². The van der Waals surface area contributed by atoms with Gasteiger partial charge in [0.2, 0.25) is 5.91 Å². The molecule has 3 rings (SSSR count). The second-order valence-corrected chi connectivity index (χ2v) is 6.49. The van der Waals surface area contributed by atoms with Gasteiger partial charge in [-0.15, -0.1) is 0 Å². The zero-order valence-corrected chi connectivity index (χ0v) is 16.8. The van der Waals surface area contributed by atoms with Crippen LogP contribution >= 0.6 is 0 Å². The van der Waals surface area contributed by atoms with Gasteiger partial charge in [0.25, 0.3) is 0 Å². The SMILES string of the molecule is COc1cc(OC)c(OC)cc1CNC(=O)C(c1ccccc1)c1ccccc1. The molecule has 5 nitrogen and oxygen atoms in total. The third kappa shape index (κ3) is 4.69. The average Bonchev–Trinajstić information content (AvgIpc) is 2.78. The normalized spacial score (nSPS) is 10.5. The first-order valence-corrected chi connectivity index (χ1v) is 9.34. The summed E-state index contributed by atoms with van der Waals surface area (Å²) in [5.41, 5.74) is 2.68. The lowest BCUT2D eigenvalue weighted by molar-refractivity contribution is -0.121. The maximum atomic E-state index is 13.2. The van der Waals surface area contributed by atoms with Gasteiger partial charge < -0.3 is 19.5 Å². The van der Waals surface area contributed by atoms with Crippen molar-refractivity contribution in [3.63, 3.8) is 0 Å². The third-order valence-corrected chi connectivity index (χ3v) is 4.77. The van der Waals surface area contributed by atoms with Gasteiger partial charge in [0.1, 0.15) is 5.75 Å². The first kappa shape index (κ1) is 20.3. The Balaban J connectivity index is 1.86. The quantitative estimate of drug-likeness (QED) is 0.626. The monoisotopic (exact) mass is 391 g/mol. The highest BCUT2D eigenvalue weighted by atomic mass is 16.5. The smallest absolute Gasteiger partial charge is 0.232 e. The van der Waals surface area contributed by atoms with Gasteiger partial charge in [-0.2, -0.15) is 0 Å². The largest absolute Gasteiger partial charge is 0.496 e. The van der Waals surface area contributed by atoms with Crippen LogP contribution in [0.5, 0.6) is 17.2 Å². The minimum atomic E-state index is -0.400. The number of benzene rings is 3. The molecule has 0 bridgehead atoms. The zero-order chi connectivity index (χ0) is 20.6. The molecule has 1 N–H and O–H groups in total. The molecule has 0 unspecified atom stereocenters. The van der Waals surface area contributed by atoms with Gasteiger partial charge >= 0.3 is 0 Å². The molecule has 0 fully saturated rings. The molecule has 29 heavy (non-hydrogen) atoms. The molecule has 0 radical (unpaired) electrons. The van der Waals surface area contributed by atoms with Gasteiger partial charge in [0, 0.05) is 18.2 Å². The fraction of sp³-hybridized carbons (Fsp3) is 0.208. The molecule has 3 aromatic rings. The highest BCUT2D eigenvalue weighted by Gasteiger charge is 2.23. The van der Waals surface area contributed by atoms with Crippen LogP contribution in [0, 0.1) is 0 Å². The maximum absolute atomic E-state index is 13.2. The lowest BCUT2D eigenvalue weighted by atomic mass is 9.90. The lowest BCUT2D eigenvalue weighted by Crippen LogP contribution is -2.29. The summed E-state index contributed by atoms with van der Waals surface area (Å²) >= 11 is 0. The standard InChI is InChI=1S/C24H25NO4/c1-27-20-15-22(29-3)21(28-2)14-19(20)16-25-24(26)23(17-10-6-4-7-11-17)18-12-8-5-9-13-18/h4-15,23H,16H2,1-3H3,(H,25,26). The second kappa shape index (κ2) is 9.64. The van der Waals surface area contributed by atoms with E-state index in [0.717, 1.165) is 16.7 Å². The summed E-state index contributed by atoms with van der Waals surface area (Å²) in [4.78, 5) is 13.2. The van der Waals surface area contributed by atoms with Crippen LogP contribution in [0.3, 0.4) is 0 Å². The summed E-state index contributed by atoms with van der Waals surface area (Å²) in [7, 11) is 4.74. The van der Waals surface area contributed by atoms with Crippen molar-refractivity contribution in [2.24, 2.45) is 0 Å². The fourth-order valence-corrected chi connectivity index (χ4v) is 3.30. The Morgan fingerprint density at radius 3 is 1.72 bits per heavy atom. The Hall–Kier alpha value is -3.47. The Morgan fingerprint density at radius 2 is 1.24 bits per heavy atom. The number of amides is 1. The van der Waals surface area contributed by atoms with Crippen molar-refractivity contribution in [1.29, 1.82) is 0 Å². The van der Waals surface area contributed by atoms with Crippen molar-refractivity contribution in [3.8, 4) is 17.2 Å². The minimum Gasteiger partial charge on any atom is -0.496 e. The van der Waals surface area contributed by atoms with Crippen LogP contribution in [0.15, 0.2) is 72.8 Å². The van der Waals surface area contributed by atoms with E-state index < -0.39 is 5.92 Å². The zero-order valence-electron chi connectivity index (χ0n) is 16.8. The number of carbonyl (C=O) groups excluding carboxylic acids is 1. The van der Waals surface area contributed by atoms with Gasteiger partial charge in [0.15, 0.2) is 11.5 Å². The predicted octanol–water partition coefficient (Wildman–Crippen LogP) is 4.16. The van der Waals surface area contributed by atoms with Crippen molar-refractivity contribution in [2.45, 2.75) is 12.5 Å². The third-order valence-electron chi connectivity index (χ3n) is 4.77. The van der Waals surface area contributed by atoms with Crippen LogP contribution in [0.4, 0.5) is 0 Å². The Labute approximate surface area is 171 Å². The van der Waals surface area contributed by atoms with Gasteiger partial charge in [-0.05, 0) is 17.2 Å². The maximum Gasteiger partial charge on any atom is 0.232 e. The van der Waals surface area contributed by atoms with Crippen molar-refractivity contribution in [3.05, 3.63) is 89.5 Å². The number of ether oxygens (including phenoxy) is 3. The van der Waals surface area contributed by atoms with Gasteiger partial charge in [-0.3, -0.25) is 4.79 Å². The van der Waals surface area contributed by atoms with E-state index in [4.69, 9.17) is 14.2 Å². The Kier molecular flexibility index (Phi) is 6.74. The van der Waals surface area contributed by atoms with E-state index in [1.165, 1.54) is 0 Å². The molecule has 0 spiro atoms. The highest BCUT2D eigenvalue weighted by Crippen LogP contribution is 2.34. The molecular weight excluding hydrogens is 366 g/mol. The van der Waals surface area contributed by atoms with E-state index in [0.29, 0.717) is 23.8 Å². The molecule has 5 heteroatoms. The fourth-order valence-electron chi connectivity index (χ4n) is 3.30. The molecule has 0 aliphatic carbocycles. The number of hydrogen-bond donors (Lipinski definition) is 1. The molecule has 0 saturated carbocycles. The van der Waals surface area contributed by atoms with Crippen LogP contribution in [-0.4, -0.2) is 27.2 Å². The number of carbonyl (C=O) groups is 1. The molecule has 1 amide bonds. The van der Waals surface area contributed by atoms with Crippen molar-refractivity contribution < 1.29 is 19.0 Å². The topological polar surface area (TPSA) is 56.8 Å². The molecule has 0 aliphatic rings. The molecule has 0 aliphatic heterocycles. The predicted molar refractivity (Wildman–Crippen MR) is 113 cm³/mol. The molecule has 0 heterocycles. The van der Waals surface area contributed by atoms with Gasteiger partial charge in [-0.25, -0.2) is 0 Å². The van der Waals surface area contributed by atoms with E-state index in [9.17, 15) is 4.79 Å². The summed E-state index contributed by atoms with van der Waals surface area (Å²) < 4.78 is 16.2. The number of methoxy groups -OCH3 is 3. The van der Waals surface area contributed by atoms with Crippen LogP contribution < -0.4 is 19.5 Å². The summed E-state index contributed by atoms with van der Waals surface area (Å²) in [6.45, 7) is 0.304. The number of hydrogen-bond acceptors (Lipinski definition) is 4. The van der Waals surface area contributed by atoms with Gasteiger partial charge in [0.05, 0.1) is 27.2 Å². The van der Waals surface area contributed by atoms with Gasteiger partial charge in [-0.1, -0.05) is 60.7 Å². The molecule has 150 valence electrons. The van der Waals surface area contributed by atoms with Crippen LogP contribution in [0.25, 0.3) is 0 Å². The summed E-state index contributed by atoms with van der Waals surface area (Å²) in [5, 5.41) is 3.04. The molecular formula is C24H25NO4. The van der Waals surface area contributed by atoms with E-state index >= 15 is 0 Å². The second-order valence-electron chi connectivity index (χ2n) is 6.49. The minimum absolute atomic E-state index is 0.0840. The van der Waals surface area contributed by atoms with Crippen LogP contribution in [0.2, 0.25) is 0 Å². The Morgan fingerprint density at radius 1 is 0.759 bits per heavy atom. The van der Waals surface area contributed by atoms with Crippen molar-refractivity contribution in [2.75, 3.05) is 21.3 Å². The Bertz CT molecular complexity index is 902. The average molecular weight is 391 g/mol. The van der Waals surface area contributed by atoms with Crippen molar-refractivity contribution >= 4 is 5.91 Å². The van der Waals surface area contributed by atoms with Crippen molar-refractivity contribution in [1.82, 2.24) is 5.32 Å². The molecule has 0 saturated heterocycles. The number of rotatable bonds is 8. The van der Waals surface area contributed by atoms with E-state index in [2.05, 4.69) is 5.32 Å². The molecule has 0 aromatic heterocycles. The van der Waals surface area contributed by atoms with Crippen LogP contribution in [-0.2, 0) is 11.3 Å². The molecule has 0 atom stereocenters. The molecule has 3 aromatic carbocycles.